The Labute approximate surface area is 221 Å². The summed E-state index contributed by atoms with van der Waals surface area (Å²) in [6.07, 6.45) is -2.76. The van der Waals surface area contributed by atoms with Crippen molar-refractivity contribution >= 4 is 23.5 Å². The second-order valence-corrected chi connectivity index (χ2v) is 10.3. The summed E-state index contributed by atoms with van der Waals surface area (Å²) >= 11 is 1.54. The fraction of sp³-hybridized carbons (Fsp3) is 0.500. The molecule has 1 unspecified atom stereocenters. The van der Waals surface area contributed by atoms with Crippen LogP contribution in [0.4, 0.5) is 0 Å². The molecule has 2 heterocycles. The molecule has 2 aromatic carbocycles. The predicted octanol–water partition coefficient (Wildman–Crippen LogP) is 4.45. The Balaban J connectivity index is 1.58. The molecule has 2 saturated heterocycles. The Morgan fingerprint density at radius 3 is 2.43 bits per heavy atom. The molecule has 2 aromatic rings. The number of carbonyl (C=O) groups is 2. The van der Waals surface area contributed by atoms with E-state index in [9.17, 15) is 9.59 Å². The quantitative estimate of drug-likeness (QED) is 0.391. The van der Waals surface area contributed by atoms with E-state index in [0.717, 1.165) is 22.6 Å². The second kappa shape index (κ2) is 13.4. The first kappa shape index (κ1) is 27.6. The first-order valence-corrected chi connectivity index (χ1v) is 13.6. The SMILES string of the molecule is CCS[C@@H]1O[C@@H]2COC(c3ccc(OC)cc3)O[C@H]2[C@H](OCc2ccccc2)[C@H]1OC(=O)CCC(C)=O. The molecule has 0 aromatic heterocycles. The summed E-state index contributed by atoms with van der Waals surface area (Å²) in [6, 6.07) is 17.3. The van der Waals surface area contributed by atoms with Crippen LogP contribution in [0.2, 0.25) is 0 Å². The number of Topliss-reactive ketones (excluding diaryl/α,β-unsaturated/α-hetero) is 1. The van der Waals surface area contributed by atoms with Crippen molar-refractivity contribution in [3.8, 4) is 5.75 Å². The van der Waals surface area contributed by atoms with Crippen molar-refractivity contribution < 1.29 is 38.0 Å². The van der Waals surface area contributed by atoms with Crippen LogP contribution in [0.1, 0.15) is 44.1 Å². The minimum Gasteiger partial charge on any atom is -0.497 e. The zero-order chi connectivity index (χ0) is 26.2. The number of methoxy groups -OCH3 is 1. The van der Waals surface area contributed by atoms with Gasteiger partial charge in [-0.25, -0.2) is 0 Å². The maximum absolute atomic E-state index is 12.7. The lowest BCUT2D eigenvalue weighted by Gasteiger charge is -2.48. The van der Waals surface area contributed by atoms with Gasteiger partial charge in [-0.1, -0.05) is 49.4 Å². The first-order chi connectivity index (χ1) is 18.0. The number of rotatable bonds is 11. The van der Waals surface area contributed by atoms with Crippen molar-refractivity contribution in [3.05, 3.63) is 65.7 Å². The van der Waals surface area contributed by atoms with Gasteiger partial charge in [-0.3, -0.25) is 4.79 Å². The lowest BCUT2D eigenvalue weighted by molar-refractivity contribution is -0.326. The molecule has 37 heavy (non-hydrogen) atoms. The van der Waals surface area contributed by atoms with Gasteiger partial charge < -0.3 is 33.2 Å². The van der Waals surface area contributed by atoms with Gasteiger partial charge in [0, 0.05) is 12.0 Å². The number of fused-ring (bicyclic) bond motifs is 1. The highest BCUT2D eigenvalue weighted by Gasteiger charge is 2.52. The summed E-state index contributed by atoms with van der Waals surface area (Å²) < 4.78 is 36.4. The maximum atomic E-state index is 12.7. The third-order valence-electron chi connectivity index (χ3n) is 6.24. The van der Waals surface area contributed by atoms with Gasteiger partial charge in [-0.05, 0) is 30.4 Å². The van der Waals surface area contributed by atoms with Crippen LogP contribution in [0.3, 0.4) is 0 Å². The Bertz CT molecular complexity index is 1010. The Morgan fingerprint density at radius 1 is 1.00 bits per heavy atom. The highest BCUT2D eigenvalue weighted by molar-refractivity contribution is 7.99. The zero-order valence-electron chi connectivity index (χ0n) is 21.4. The normalized spacial score (nSPS) is 27.2. The van der Waals surface area contributed by atoms with E-state index >= 15 is 0 Å². The average Bonchev–Trinajstić information content (AvgIpc) is 2.92. The minimum atomic E-state index is -0.719. The monoisotopic (exact) mass is 530 g/mol. The van der Waals surface area contributed by atoms with Gasteiger partial charge >= 0.3 is 5.97 Å². The summed E-state index contributed by atoms with van der Waals surface area (Å²) in [6.45, 7) is 4.09. The van der Waals surface area contributed by atoms with Crippen LogP contribution < -0.4 is 4.74 Å². The molecule has 0 bridgehead atoms. The molecule has 0 saturated carbocycles. The molecule has 2 fully saturated rings. The number of ether oxygens (including phenoxy) is 6. The van der Waals surface area contributed by atoms with E-state index < -0.39 is 42.1 Å². The number of benzene rings is 2. The van der Waals surface area contributed by atoms with Crippen molar-refractivity contribution in [2.24, 2.45) is 0 Å². The highest BCUT2D eigenvalue weighted by Crippen LogP contribution is 2.39. The van der Waals surface area contributed by atoms with Gasteiger partial charge in [0.1, 0.15) is 35.3 Å². The molecule has 0 radical (unpaired) electrons. The summed E-state index contributed by atoms with van der Waals surface area (Å²) in [5, 5.41) is 0. The van der Waals surface area contributed by atoms with Crippen molar-refractivity contribution in [1.82, 2.24) is 0 Å². The van der Waals surface area contributed by atoms with Crippen molar-refractivity contribution in [2.45, 2.75) is 69.4 Å². The zero-order valence-corrected chi connectivity index (χ0v) is 22.2. The van der Waals surface area contributed by atoms with Gasteiger partial charge in [-0.2, -0.15) is 0 Å². The highest BCUT2D eigenvalue weighted by atomic mass is 32.2. The summed E-state index contributed by atoms with van der Waals surface area (Å²) in [4.78, 5) is 24.1. The lowest BCUT2D eigenvalue weighted by Crippen LogP contribution is -2.62. The van der Waals surface area contributed by atoms with Crippen LogP contribution in [0.25, 0.3) is 0 Å². The van der Waals surface area contributed by atoms with Gasteiger partial charge in [0.25, 0.3) is 0 Å². The number of carbonyl (C=O) groups excluding carboxylic acids is 2. The van der Waals surface area contributed by atoms with E-state index in [2.05, 4.69) is 0 Å². The molecule has 2 aliphatic rings. The number of thioether (sulfide) groups is 1. The Kier molecular flexibility index (Phi) is 9.99. The molecule has 0 aliphatic carbocycles. The van der Waals surface area contributed by atoms with Crippen LogP contribution in [-0.2, 0) is 39.9 Å². The number of hydrogen-bond donors (Lipinski definition) is 0. The van der Waals surface area contributed by atoms with E-state index in [-0.39, 0.29) is 18.6 Å². The standard InChI is InChI=1S/C28H34O8S/c1-4-37-28-26(35-23(30)15-10-18(2)29)25(32-16-19-8-6-5-7-9-19)24-22(34-28)17-33-27(36-24)20-11-13-21(31-3)14-12-20/h5-9,11-14,22,24-28H,4,10,15-17H2,1-3H3/t22-,24-,25+,26-,27?,28+/m1/s1. The topological polar surface area (TPSA) is 89.5 Å². The third kappa shape index (κ3) is 7.33. The minimum absolute atomic E-state index is 0.00723. The van der Waals surface area contributed by atoms with E-state index in [1.165, 1.54) is 18.7 Å². The van der Waals surface area contributed by atoms with E-state index in [0.29, 0.717) is 13.2 Å². The van der Waals surface area contributed by atoms with Gasteiger partial charge in [0.2, 0.25) is 0 Å². The number of esters is 1. The molecule has 200 valence electrons. The third-order valence-corrected chi connectivity index (χ3v) is 7.28. The second-order valence-electron chi connectivity index (χ2n) is 8.96. The van der Waals surface area contributed by atoms with Crippen molar-refractivity contribution in [3.63, 3.8) is 0 Å². The summed E-state index contributed by atoms with van der Waals surface area (Å²) in [7, 11) is 1.61. The van der Waals surface area contributed by atoms with E-state index in [4.69, 9.17) is 28.4 Å². The van der Waals surface area contributed by atoms with Crippen LogP contribution in [0.15, 0.2) is 54.6 Å². The molecule has 9 heteroatoms. The smallest absolute Gasteiger partial charge is 0.306 e. The lowest BCUT2D eigenvalue weighted by atomic mass is 9.98. The number of hydrogen-bond acceptors (Lipinski definition) is 9. The molecule has 0 N–H and O–H groups in total. The molecule has 0 spiro atoms. The van der Waals surface area contributed by atoms with Crippen LogP contribution in [0.5, 0.6) is 5.75 Å². The molecule has 0 amide bonds. The molecular formula is C28H34O8S. The van der Waals surface area contributed by atoms with E-state index in [1.54, 1.807) is 7.11 Å². The summed E-state index contributed by atoms with van der Waals surface area (Å²) in [5.41, 5.74) is 1.37. The van der Waals surface area contributed by atoms with Gasteiger partial charge in [-0.15, -0.1) is 11.8 Å². The molecule has 8 nitrogen and oxygen atoms in total. The predicted molar refractivity (Wildman–Crippen MR) is 138 cm³/mol. The fourth-order valence-electron chi connectivity index (χ4n) is 4.35. The van der Waals surface area contributed by atoms with Crippen LogP contribution >= 0.6 is 11.8 Å². The molecular weight excluding hydrogens is 496 g/mol. The van der Waals surface area contributed by atoms with Crippen LogP contribution in [-0.4, -0.2) is 61.1 Å². The Morgan fingerprint density at radius 2 is 1.76 bits per heavy atom. The van der Waals surface area contributed by atoms with E-state index in [1.807, 2.05) is 61.5 Å². The maximum Gasteiger partial charge on any atom is 0.306 e. The molecule has 2 aliphatic heterocycles. The van der Waals surface area contributed by atoms with Gasteiger partial charge in [0.05, 0.1) is 26.7 Å². The molecule has 6 atom stereocenters. The summed E-state index contributed by atoms with van der Waals surface area (Å²) in [5.74, 6) is 0.962. The average molecular weight is 531 g/mol. The van der Waals surface area contributed by atoms with Gasteiger partial charge in [0.15, 0.2) is 12.4 Å². The first-order valence-electron chi connectivity index (χ1n) is 12.5. The van der Waals surface area contributed by atoms with Crippen molar-refractivity contribution in [2.75, 3.05) is 19.5 Å². The van der Waals surface area contributed by atoms with Crippen molar-refractivity contribution in [1.29, 1.82) is 0 Å². The fourth-order valence-corrected chi connectivity index (χ4v) is 5.30. The largest absolute Gasteiger partial charge is 0.497 e. The van der Waals surface area contributed by atoms with Crippen LogP contribution in [0, 0.1) is 0 Å². The Hall–Kier alpha value is -2.43. The molecule has 4 rings (SSSR count). The number of ketones is 1.